The number of carbonyl (C=O) groups excluding carboxylic acids is 1. The van der Waals surface area contributed by atoms with Gasteiger partial charge in [-0.2, -0.15) is 0 Å². The number of hydrogen-bond acceptors (Lipinski definition) is 3. The topological polar surface area (TPSA) is 69.6 Å². The molecule has 0 aliphatic carbocycles. The Morgan fingerprint density at radius 3 is 2.60 bits per heavy atom. The molecule has 1 atom stereocenters. The van der Waals surface area contributed by atoms with Gasteiger partial charge in [0.05, 0.1) is 12.5 Å². The van der Waals surface area contributed by atoms with Crippen LogP contribution in [0.4, 0.5) is 0 Å². The van der Waals surface area contributed by atoms with Crippen molar-refractivity contribution in [1.82, 2.24) is 10.2 Å². The summed E-state index contributed by atoms with van der Waals surface area (Å²) in [4.78, 5) is 24.3. The van der Waals surface area contributed by atoms with Crippen LogP contribution in [0, 0.1) is 5.92 Å². The summed E-state index contributed by atoms with van der Waals surface area (Å²) in [5.41, 5.74) is 1.20. The Balaban J connectivity index is 1.67. The summed E-state index contributed by atoms with van der Waals surface area (Å²) < 4.78 is 0. The fourth-order valence-electron chi connectivity index (χ4n) is 2.28. The van der Waals surface area contributed by atoms with Gasteiger partial charge in [0.15, 0.2) is 0 Å². The number of carboxylic acid groups (broad SMARTS) is 1. The van der Waals surface area contributed by atoms with E-state index in [1.165, 1.54) is 5.56 Å². The second-order valence-corrected chi connectivity index (χ2v) is 5.35. The van der Waals surface area contributed by atoms with Crippen LogP contribution in [-0.2, 0) is 9.59 Å². The molecule has 1 heterocycles. The summed E-state index contributed by atoms with van der Waals surface area (Å²) in [6.07, 6.45) is 0. The van der Waals surface area contributed by atoms with E-state index in [9.17, 15) is 9.59 Å². The number of amides is 1. The first-order valence-electron chi connectivity index (χ1n) is 6.83. The second-order valence-electron chi connectivity index (χ2n) is 5.35. The lowest BCUT2D eigenvalue weighted by molar-refractivity contribution is -0.148. The summed E-state index contributed by atoms with van der Waals surface area (Å²) >= 11 is 0. The van der Waals surface area contributed by atoms with Crippen molar-refractivity contribution in [3.63, 3.8) is 0 Å². The molecule has 0 aromatic heterocycles. The highest BCUT2D eigenvalue weighted by atomic mass is 16.4. The van der Waals surface area contributed by atoms with E-state index in [1.807, 2.05) is 35.2 Å². The third-order valence-electron chi connectivity index (χ3n) is 3.65. The normalized spacial score (nSPS) is 17.2. The van der Waals surface area contributed by atoms with Crippen LogP contribution < -0.4 is 5.32 Å². The number of nitrogens with zero attached hydrogens (tertiary/aromatic N) is 1. The monoisotopic (exact) mass is 276 g/mol. The zero-order valence-corrected chi connectivity index (χ0v) is 11.6. The van der Waals surface area contributed by atoms with Gasteiger partial charge in [-0.05, 0) is 11.5 Å². The number of likely N-dealkylation sites (tertiary alicyclic amines) is 1. The maximum absolute atomic E-state index is 11.8. The summed E-state index contributed by atoms with van der Waals surface area (Å²) in [6, 6.07) is 10.0. The molecule has 1 saturated heterocycles. The fraction of sp³-hybridized carbons (Fsp3) is 0.467. The Morgan fingerprint density at radius 2 is 2.00 bits per heavy atom. The van der Waals surface area contributed by atoms with Gasteiger partial charge in [-0.3, -0.25) is 14.5 Å². The van der Waals surface area contributed by atoms with Crippen molar-refractivity contribution in [3.05, 3.63) is 35.9 Å². The molecule has 0 radical (unpaired) electrons. The Labute approximate surface area is 118 Å². The molecule has 0 spiro atoms. The molecule has 1 unspecified atom stereocenters. The Morgan fingerprint density at radius 1 is 1.35 bits per heavy atom. The van der Waals surface area contributed by atoms with Gasteiger partial charge in [0.1, 0.15) is 0 Å². The molecule has 1 aliphatic rings. The minimum atomic E-state index is -0.778. The average molecular weight is 276 g/mol. The van der Waals surface area contributed by atoms with Crippen LogP contribution in [0.3, 0.4) is 0 Å². The minimum Gasteiger partial charge on any atom is -0.481 e. The zero-order chi connectivity index (χ0) is 14.5. The van der Waals surface area contributed by atoms with E-state index in [0.29, 0.717) is 19.6 Å². The molecular weight excluding hydrogens is 256 g/mol. The molecule has 1 amide bonds. The van der Waals surface area contributed by atoms with Crippen molar-refractivity contribution in [2.75, 3.05) is 26.2 Å². The van der Waals surface area contributed by atoms with Crippen molar-refractivity contribution in [2.24, 2.45) is 5.92 Å². The molecule has 0 bridgehead atoms. The highest BCUT2D eigenvalue weighted by Crippen LogP contribution is 2.15. The summed E-state index contributed by atoms with van der Waals surface area (Å²) in [5.74, 6) is -0.870. The zero-order valence-electron chi connectivity index (χ0n) is 11.6. The molecule has 20 heavy (non-hydrogen) atoms. The highest BCUT2D eigenvalue weighted by Gasteiger charge is 2.33. The van der Waals surface area contributed by atoms with Gasteiger partial charge in [0, 0.05) is 19.6 Å². The Hall–Kier alpha value is -1.88. The van der Waals surface area contributed by atoms with Crippen LogP contribution in [0.2, 0.25) is 0 Å². The number of carbonyl (C=O) groups is 2. The van der Waals surface area contributed by atoms with E-state index in [-0.39, 0.29) is 24.3 Å². The first-order chi connectivity index (χ1) is 9.56. The van der Waals surface area contributed by atoms with Crippen molar-refractivity contribution in [1.29, 1.82) is 0 Å². The van der Waals surface area contributed by atoms with Crippen LogP contribution in [0.15, 0.2) is 30.3 Å². The second kappa shape index (κ2) is 6.52. The minimum absolute atomic E-state index is 0.0448. The molecule has 108 valence electrons. The van der Waals surface area contributed by atoms with Crippen molar-refractivity contribution >= 4 is 11.9 Å². The number of benzene rings is 1. The van der Waals surface area contributed by atoms with Crippen LogP contribution in [-0.4, -0.2) is 48.1 Å². The van der Waals surface area contributed by atoms with Gasteiger partial charge in [-0.1, -0.05) is 37.3 Å². The third kappa shape index (κ3) is 3.81. The summed E-state index contributed by atoms with van der Waals surface area (Å²) in [5, 5.41) is 11.7. The SMILES string of the molecule is CC(CNC(=O)CN1CC(C(=O)O)C1)c1ccccc1. The lowest BCUT2D eigenvalue weighted by Crippen LogP contribution is -2.53. The first kappa shape index (κ1) is 14.5. The van der Waals surface area contributed by atoms with Crippen LogP contribution in [0.25, 0.3) is 0 Å². The molecule has 1 aromatic rings. The quantitative estimate of drug-likeness (QED) is 0.810. The van der Waals surface area contributed by atoms with Gasteiger partial charge in [-0.25, -0.2) is 0 Å². The third-order valence-corrected chi connectivity index (χ3v) is 3.65. The maximum atomic E-state index is 11.8. The molecule has 0 saturated carbocycles. The smallest absolute Gasteiger partial charge is 0.309 e. The first-order valence-corrected chi connectivity index (χ1v) is 6.83. The lowest BCUT2D eigenvalue weighted by atomic mass is 10.0. The molecule has 5 heteroatoms. The number of nitrogens with one attached hydrogen (secondary N) is 1. The van der Waals surface area contributed by atoms with Crippen molar-refractivity contribution in [2.45, 2.75) is 12.8 Å². The predicted octanol–water partition coefficient (Wildman–Crippen LogP) is 0.923. The fourth-order valence-corrected chi connectivity index (χ4v) is 2.28. The van der Waals surface area contributed by atoms with E-state index in [1.54, 1.807) is 0 Å². The molecular formula is C15H20N2O3. The maximum Gasteiger partial charge on any atom is 0.309 e. The Bertz CT molecular complexity index is 469. The number of aliphatic carboxylic acids is 1. The summed E-state index contributed by atoms with van der Waals surface area (Å²) in [7, 11) is 0. The van der Waals surface area contributed by atoms with Crippen LogP contribution >= 0.6 is 0 Å². The molecule has 5 nitrogen and oxygen atoms in total. The van der Waals surface area contributed by atoms with E-state index >= 15 is 0 Å². The van der Waals surface area contributed by atoms with Gasteiger partial charge in [-0.15, -0.1) is 0 Å². The van der Waals surface area contributed by atoms with Gasteiger partial charge in [0.25, 0.3) is 0 Å². The van der Waals surface area contributed by atoms with Gasteiger partial charge in [0.2, 0.25) is 5.91 Å². The van der Waals surface area contributed by atoms with E-state index in [2.05, 4.69) is 12.2 Å². The molecule has 1 aliphatic heterocycles. The number of rotatable bonds is 6. The largest absolute Gasteiger partial charge is 0.481 e. The van der Waals surface area contributed by atoms with Crippen LogP contribution in [0.1, 0.15) is 18.4 Å². The standard InChI is InChI=1S/C15H20N2O3/c1-11(12-5-3-2-4-6-12)7-16-14(18)10-17-8-13(9-17)15(19)20/h2-6,11,13H,7-10H2,1H3,(H,16,18)(H,19,20). The van der Waals surface area contributed by atoms with Gasteiger partial charge < -0.3 is 10.4 Å². The van der Waals surface area contributed by atoms with E-state index in [4.69, 9.17) is 5.11 Å². The van der Waals surface area contributed by atoms with Crippen molar-refractivity contribution < 1.29 is 14.7 Å². The highest BCUT2D eigenvalue weighted by molar-refractivity contribution is 5.79. The number of carboxylic acids is 1. The van der Waals surface area contributed by atoms with E-state index in [0.717, 1.165) is 0 Å². The molecule has 1 fully saturated rings. The molecule has 2 N–H and O–H groups in total. The van der Waals surface area contributed by atoms with Crippen LogP contribution in [0.5, 0.6) is 0 Å². The van der Waals surface area contributed by atoms with Crippen molar-refractivity contribution in [3.8, 4) is 0 Å². The summed E-state index contributed by atoms with van der Waals surface area (Å²) in [6.45, 7) is 3.89. The predicted molar refractivity (Wildman–Crippen MR) is 75.4 cm³/mol. The number of hydrogen-bond donors (Lipinski definition) is 2. The molecule has 2 rings (SSSR count). The van der Waals surface area contributed by atoms with Gasteiger partial charge >= 0.3 is 5.97 Å². The average Bonchev–Trinajstić information content (AvgIpc) is 2.40. The Kier molecular flexibility index (Phi) is 4.74. The lowest BCUT2D eigenvalue weighted by Gasteiger charge is -2.35. The van der Waals surface area contributed by atoms with E-state index < -0.39 is 5.97 Å². The molecule has 1 aromatic carbocycles.